The second kappa shape index (κ2) is 6.12. The van der Waals surface area contributed by atoms with Crippen LogP contribution in [0.1, 0.15) is 12.0 Å². The predicted octanol–water partition coefficient (Wildman–Crippen LogP) is 2.34. The summed E-state index contributed by atoms with van der Waals surface area (Å²) in [4.78, 5) is -0.427. The fourth-order valence-corrected chi connectivity index (χ4v) is 3.94. The van der Waals surface area contributed by atoms with E-state index in [-0.39, 0.29) is 18.1 Å². The van der Waals surface area contributed by atoms with E-state index in [0.29, 0.717) is 31.6 Å². The van der Waals surface area contributed by atoms with Crippen molar-refractivity contribution in [2.24, 2.45) is 0 Å². The number of halogens is 4. The van der Waals surface area contributed by atoms with Crippen molar-refractivity contribution in [2.45, 2.75) is 17.5 Å². The number of nitrogens with zero attached hydrogens (tertiary/aromatic N) is 1. The lowest BCUT2D eigenvalue weighted by atomic mass is 10.2. The van der Waals surface area contributed by atoms with Crippen molar-refractivity contribution in [3.8, 4) is 0 Å². The number of sulfonamides is 1. The smallest absolute Gasteiger partial charge is 0.315 e. The van der Waals surface area contributed by atoms with Gasteiger partial charge in [0.05, 0.1) is 10.5 Å². The third-order valence-corrected chi connectivity index (χ3v) is 5.23. The van der Waals surface area contributed by atoms with Gasteiger partial charge in [-0.25, -0.2) is 8.42 Å². The Labute approximate surface area is 125 Å². The van der Waals surface area contributed by atoms with E-state index in [1.165, 1.54) is 4.31 Å². The van der Waals surface area contributed by atoms with Crippen molar-refractivity contribution < 1.29 is 21.6 Å². The Morgan fingerprint density at radius 1 is 1.14 bits per heavy atom. The topological polar surface area (TPSA) is 49.4 Å². The standard InChI is InChI=1S/C12H14ClF3N2O2S/c13-10-6-9(12(14,15)16)7-11(8-10)21(19,20)18-4-1-2-17-3-5-18/h6-8,17H,1-5H2. The summed E-state index contributed by atoms with van der Waals surface area (Å²) < 4.78 is 64.4. The van der Waals surface area contributed by atoms with Gasteiger partial charge in [0, 0.05) is 24.7 Å². The van der Waals surface area contributed by atoms with Crippen LogP contribution in [0.3, 0.4) is 0 Å². The van der Waals surface area contributed by atoms with Crippen LogP contribution in [-0.2, 0) is 16.2 Å². The SMILES string of the molecule is O=S(=O)(c1cc(Cl)cc(C(F)(F)F)c1)N1CCCNCC1. The minimum Gasteiger partial charge on any atom is -0.315 e. The van der Waals surface area contributed by atoms with Crippen LogP contribution in [0.2, 0.25) is 5.02 Å². The first-order chi connectivity index (χ1) is 9.71. The molecule has 0 radical (unpaired) electrons. The zero-order valence-corrected chi connectivity index (χ0v) is 12.5. The maximum absolute atomic E-state index is 12.8. The lowest BCUT2D eigenvalue weighted by Gasteiger charge is -2.20. The molecule has 0 unspecified atom stereocenters. The maximum Gasteiger partial charge on any atom is 0.416 e. The average Bonchev–Trinajstić information content (AvgIpc) is 2.66. The number of hydrogen-bond acceptors (Lipinski definition) is 3. The molecular weight excluding hydrogens is 329 g/mol. The monoisotopic (exact) mass is 342 g/mol. The van der Waals surface area contributed by atoms with Gasteiger partial charge < -0.3 is 5.32 Å². The summed E-state index contributed by atoms with van der Waals surface area (Å²) in [5.41, 5.74) is -1.07. The highest BCUT2D eigenvalue weighted by Gasteiger charge is 2.34. The molecule has 1 aromatic carbocycles. The van der Waals surface area contributed by atoms with E-state index in [0.717, 1.165) is 6.07 Å². The lowest BCUT2D eigenvalue weighted by molar-refractivity contribution is -0.137. The molecular formula is C12H14ClF3N2O2S. The summed E-state index contributed by atoms with van der Waals surface area (Å²) in [6.07, 6.45) is -4.04. The van der Waals surface area contributed by atoms with Gasteiger partial charge in [0.1, 0.15) is 0 Å². The van der Waals surface area contributed by atoms with Crippen LogP contribution in [0.25, 0.3) is 0 Å². The Balaban J connectivity index is 2.42. The number of hydrogen-bond donors (Lipinski definition) is 1. The largest absolute Gasteiger partial charge is 0.416 e. The molecule has 2 rings (SSSR count). The van der Waals surface area contributed by atoms with E-state index in [4.69, 9.17) is 11.6 Å². The Kier molecular flexibility index (Phi) is 4.82. The van der Waals surface area contributed by atoms with Gasteiger partial charge in [-0.05, 0) is 31.2 Å². The number of nitrogens with one attached hydrogen (secondary N) is 1. The molecule has 1 aromatic rings. The van der Waals surface area contributed by atoms with Crippen molar-refractivity contribution in [2.75, 3.05) is 26.2 Å². The van der Waals surface area contributed by atoms with Gasteiger partial charge in [-0.1, -0.05) is 11.6 Å². The summed E-state index contributed by atoms with van der Waals surface area (Å²) in [7, 11) is -3.98. The predicted molar refractivity (Wildman–Crippen MR) is 72.7 cm³/mol. The minimum absolute atomic E-state index is 0.218. The molecule has 9 heteroatoms. The molecule has 0 saturated carbocycles. The van der Waals surface area contributed by atoms with E-state index in [1.54, 1.807) is 0 Å². The van der Waals surface area contributed by atoms with Crippen LogP contribution in [0, 0.1) is 0 Å². The summed E-state index contributed by atoms with van der Waals surface area (Å²) in [5.74, 6) is 0. The summed E-state index contributed by atoms with van der Waals surface area (Å²) in [6, 6.07) is 2.38. The van der Waals surface area contributed by atoms with Crippen LogP contribution in [0.4, 0.5) is 13.2 Å². The second-order valence-electron chi connectivity index (χ2n) is 4.68. The molecule has 0 bridgehead atoms. The first-order valence-corrected chi connectivity index (χ1v) is 8.12. The fourth-order valence-electron chi connectivity index (χ4n) is 2.09. The van der Waals surface area contributed by atoms with Crippen LogP contribution in [-0.4, -0.2) is 38.9 Å². The molecule has 1 N–H and O–H groups in total. The van der Waals surface area contributed by atoms with Gasteiger partial charge in [0.2, 0.25) is 10.0 Å². The van der Waals surface area contributed by atoms with E-state index in [2.05, 4.69) is 5.32 Å². The van der Waals surface area contributed by atoms with Crippen molar-refractivity contribution in [1.82, 2.24) is 9.62 Å². The number of rotatable bonds is 2. The molecule has 0 aliphatic carbocycles. The number of alkyl halides is 3. The highest BCUT2D eigenvalue weighted by molar-refractivity contribution is 7.89. The zero-order valence-electron chi connectivity index (χ0n) is 11.0. The van der Waals surface area contributed by atoms with Crippen molar-refractivity contribution in [3.63, 3.8) is 0 Å². The normalized spacial score (nSPS) is 18.5. The Morgan fingerprint density at radius 3 is 2.52 bits per heavy atom. The highest BCUT2D eigenvalue weighted by Crippen LogP contribution is 2.33. The fraction of sp³-hybridized carbons (Fsp3) is 0.500. The van der Waals surface area contributed by atoms with E-state index in [9.17, 15) is 21.6 Å². The molecule has 4 nitrogen and oxygen atoms in total. The zero-order chi connectivity index (χ0) is 15.7. The van der Waals surface area contributed by atoms with Crippen LogP contribution in [0.5, 0.6) is 0 Å². The molecule has 1 saturated heterocycles. The first kappa shape index (κ1) is 16.5. The van der Waals surface area contributed by atoms with Gasteiger partial charge in [-0.2, -0.15) is 17.5 Å². The molecule has 1 aliphatic rings. The third-order valence-electron chi connectivity index (χ3n) is 3.14. The average molecular weight is 343 g/mol. The third kappa shape index (κ3) is 3.88. The van der Waals surface area contributed by atoms with Crippen LogP contribution < -0.4 is 5.32 Å². The minimum atomic E-state index is -4.64. The lowest BCUT2D eigenvalue weighted by Crippen LogP contribution is -2.34. The Hall–Kier alpha value is -0.830. The van der Waals surface area contributed by atoms with E-state index >= 15 is 0 Å². The summed E-state index contributed by atoms with van der Waals surface area (Å²) in [6.45, 7) is 1.63. The molecule has 1 aliphatic heterocycles. The Bertz CT molecular complexity index is 611. The van der Waals surface area contributed by atoms with Crippen LogP contribution >= 0.6 is 11.6 Å². The van der Waals surface area contributed by atoms with E-state index < -0.39 is 26.7 Å². The van der Waals surface area contributed by atoms with Gasteiger partial charge in [-0.15, -0.1) is 0 Å². The molecule has 0 amide bonds. The molecule has 118 valence electrons. The quantitative estimate of drug-likeness (QED) is 0.897. The second-order valence-corrected chi connectivity index (χ2v) is 7.06. The van der Waals surface area contributed by atoms with Crippen LogP contribution in [0.15, 0.2) is 23.1 Å². The Morgan fingerprint density at radius 2 is 1.86 bits per heavy atom. The molecule has 1 fully saturated rings. The molecule has 21 heavy (non-hydrogen) atoms. The first-order valence-electron chi connectivity index (χ1n) is 6.30. The number of benzene rings is 1. The molecule has 0 atom stereocenters. The maximum atomic E-state index is 12.8. The van der Waals surface area contributed by atoms with Gasteiger partial charge >= 0.3 is 6.18 Å². The highest BCUT2D eigenvalue weighted by atomic mass is 35.5. The van der Waals surface area contributed by atoms with Crippen molar-refractivity contribution >= 4 is 21.6 Å². The van der Waals surface area contributed by atoms with Crippen molar-refractivity contribution in [1.29, 1.82) is 0 Å². The van der Waals surface area contributed by atoms with Gasteiger partial charge in [-0.3, -0.25) is 0 Å². The van der Waals surface area contributed by atoms with Gasteiger partial charge in [0.25, 0.3) is 0 Å². The molecule has 1 heterocycles. The summed E-state index contributed by atoms with van der Waals surface area (Å²) >= 11 is 5.64. The summed E-state index contributed by atoms with van der Waals surface area (Å²) in [5, 5.41) is 2.78. The van der Waals surface area contributed by atoms with E-state index in [1.807, 2.05) is 0 Å². The molecule has 0 spiro atoms. The van der Waals surface area contributed by atoms with Gasteiger partial charge in [0.15, 0.2) is 0 Å². The molecule has 0 aromatic heterocycles. The van der Waals surface area contributed by atoms with Crippen molar-refractivity contribution in [3.05, 3.63) is 28.8 Å².